The van der Waals surface area contributed by atoms with E-state index in [1.54, 1.807) is 0 Å². The molecule has 1 heterocycles. The summed E-state index contributed by atoms with van der Waals surface area (Å²) in [5.41, 5.74) is 0.723. The van der Waals surface area contributed by atoms with Gasteiger partial charge in [0, 0.05) is 10.9 Å². The lowest BCUT2D eigenvalue weighted by atomic mass is 9.92. The van der Waals surface area contributed by atoms with E-state index >= 15 is 0 Å². The quantitative estimate of drug-likeness (QED) is 0.783. The van der Waals surface area contributed by atoms with Crippen LogP contribution < -0.4 is 4.74 Å². The Kier molecular flexibility index (Phi) is 3.64. The number of hydrogen-bond donors (Lipinski definition) is 0. The van der Waals surface area contributed by atoms with Gasteiger partial charge < -0.3 is 4.74 Å². The smallest absolute Gasteiger partial charge is 0.166 e. The van der Waals surface area contributed by atoms with Gasteiger partial charge in [0.25, 0.3) is 0 Å². The molecule has 1 unspecified atom stereocenters. The lowest BCUT2D eigenvalue weighted by molar-refractivity contribution is 0.0936. The third kappa shape index (κ3) is 2.46. The molecule has 86 valence electrons. The van der Waals surface area contributed by atoms with Crippen LogP contribution in [-0.4, -0.2) is 12.4 Å². The molecule has 1 aliphatic rings. The van der Waals surface area contributed by atoms with Gasteiger partial charge in [-0.3, -0.25) is 4.79 Å². The van der Waals surface area contributed by atoms with Crippen LogP contribution in [0.2, 0.25) is 0 Å². The topological polar surface area (TPSA) is 26.3 Å². The van der Waals surface area contributed by atoms with E-state index in [2.05, 4.69) is 22.9 Å². The summed E-state index contributed by atoms with van der Waals surface area (Å²) >= 11 is 3.39. The van der Waals surface area contributed by atoms with Crippen LogP contribution in [0.1, 0.15) is 36.5 Å². The number of ketones is 1. The van der Waals surface area contributed by atoms with Gasteiger partial charge in [-0.15, -0.1) is 0 Å². The Balaban J connectivity index is 2.31. The van der Waals surface area contributed by atoms with E-state index in [9.17, 15) is 4.79 Å². The molecule has 3 heteroatoms. The fraction of sp³-hybridized carbons (Fsp3) is 0.462. The minimum atomic E-state index is 0.203. The van der Waals surface area contributed by atoms with Crippen molar-refractivity contribution in [1.29, 1.82) is 0 Å². The van der Waals surface area contributed by atoms with Gasteiger partial charge in [-0.2, -0.15) is 0 Å². The average molecular weight is 283 g/mol. The first-order valence-electron chi connectivity index (χ1n) is 5.66. The molecule has 0 spiro atoms. The second-order valence-corrected chi connectivity index (χ2v) is 5.09. The highest BCUT2D eigenvalue weighted by Crippen LogP contribution is 2.29. The molecule has 2 rings (SSSR count). The van der Waals surface area contributed by atoms with Gasteiger partial charge in [0.05, 0.1) is 12.2 Å². The Morgan fingerprint density at radius 3 is 3.06 bits per heavy atom. The van der Waals surface area contributed by atoms with Crippen LogP contribution in [0, 0.1) is 5.92 Å². The summed E-state index contributed by atoms with van der Waals surface area (Å²) in [5.74, 6) is 1.38. The summed E-state index contributed by atoms with van der Waals surface area (Å²) in [6.45, 7) is 2.83. The molecular weight excluding hydrogens is 268 g/mol. The predicted octanol–water partition coefficient (Wildman–Crippen LogP) is 3.83. The van der Waals surface area contributed by atoms with Crippen molar-refractivity contribution in [1.82, 2.24) is 0 Å². The molecule has 0 aromatic heterocycles. The summed E-state index contributed by atoms with van der Waals surface area (Å²) < 4.78 is 6.61. The zero-order valence-corrected chi connectivity index (χ0v) is 10.9. The Hall–Kier alpha value is -0.830. The van der Waals surface area contributed by atoms with Crippen molar-refractivity contribution in [3.63, 3.8) is 0 Å². The molecule has 0 radical (unpaired) electrons. The summed E-state index contributed by atoms with van der Waals surface area (Å²) in [4.78, 5) is 12.0. The van der Waals surface area contributed by atoms with Gasteiger partial charge in [-0.25, -0.2) is 0 Å². The third-order valence-electron chi connectivity index (χ3n) is 3.08. The average Bonchev–Trinajstić information content (AvgIpc) is 2.25. The normalized spacial score (nSPS) is 20.6. The second-order valence-electron chi connectivity index (χ2n) is 4.18. The highest BCUT2D eigenvalue weighted by molar-refractivity contribution is 9.10. The first-order valence-corrected chi connectivity index (χ1v) is 6.45. The maximum Gasteiger partial charge on any atom is 0.166 e. The molecule has 0 fully saturated rings. The monoisotopic (exact) mass is 282 g/mol. The van der Waals surface area contributed by atoms with Crippen molar-refractivity contribution >= 4 is 21.7 Å². The summed E-state index contributed by atoms with van der Waals surface area (Å²) in [7, 11) is 0. The maximum atomic E-state index is 12.0. The first kappa shape index (κ1) is 11.6. The zero-order chi connectivity index (χ0) is 11.5. The molecule has 1 aromatic rings. The SMILES string of the molecule is CCC1CCOc2cc(Br)ccc2C(=O)C1. The lowest BCUT2D eigenvalue weighted by Crippen LogP contribution is -2.16. The van der Waals surface area contributed by atoms with Crippen molar-refractivity contribution in [2.75, 3.05) is 6.61 Å². The van der Waals surface area contributed by atoms with E-state index in [-0.39, 0.29) is 5.78 Å². The van der Waals surface area contributed by atoms with Crippen LogP contribution >= 0.6 is 15.9 Å². The minimum Gasteiger partial charge on any atom is -0.493 e. The Labute approximate surface area is 104 Å². The fourth-order valence-electron chi connectivity index (χ4n) is 2.00. The Morgan fingerprint density at radius 2 is 2.31 bits per heavy atom. The molecule has 1 aromatic carbocycles. The van der Waals surface area contributed by atoms with Gasteiger partial charge in [0.15, 0.2) is 5.78 Å². The molecule has 0 N–H and O–H groups in total. The lowest BCUT2D eigenvalue weighted by Gasteiger charge is -2.20. The van der Waals surface area contributed by atoms with Crippen molar-refractivity contribution in [2.24, 2.45) is 5.92 Å². The van der Waals surface area contributed by atoms with E-state index < -0.39 is 0 Å². The number of hydrogen-bond acceptors (Lipinski definition) is 2. The van der Waals surface area contributed by atoms with Gasteiger partial charge >= 0.3 is 0 Å². The van der Waals surface area contributed by atoms with E-state index in [1.165, 1.54) is 0 Å². The molecule has 2 nitrogen and oxygen atoms in total. The molecule has 1 atom stereocenters. The highest BCUT2D eigenvalue weighted by Gasteiger charge is 2.20. The number of halogens is 1. The maximum absolute atomic E-state index is 12.0. The van der Waals surface area contributed by atoms with Gasteiger partial charge in [-0.1, -0.05) is 29.3 Å². The zero-order valence-electron chi connectivity index (χ0n) is 9.33. The van der Waals surface area contributed by atoms with Crippen molar-refractivity contribution in [3.8, 4) is 5.75 Å². The van der Waals surface area contributed by atoms with E-state index in [0.29, 0.717) is 24.7 Å². The largest absolute Gasteiger partial charge is 0.493 e. The van der Waals surface area contributed by atoms with E-state index in [1.807, 2.05) is 18.2 Å². The summed E-state index contributed by atoms with van der Waals surface area (Å²) in [5, 5.41) is 0. The van der Waals surface area contributed by atoms with Gasteiger partial charge in [-0.05, 0) is 30.5 Å². The second kappa shape index (κ2) is 5.00. The molecule has 16 heavy (non-hydrogen) atoms. The fourth-order valence-corrected chi connectivity index (χ4v) is 2.34. The standard InChI is InChI=1S/C13H15BrO2/c1-2-9-5-6-16-13-8-10(14)3-4-11(13)12(15)7-9/h3-4,8-9H,2,5-7H2,1H3. The number of carbonyl (C=O) groups is 1. The van der Waals surface area contributed by atoms with Crippen molar-refractivity contribution < 1.29 is 9.53 Å². The van der Waals surface area contributed by atoms with Crippen LogP contribution in [-0.2, 0) is 0 Å². The van der Waals surface area contributed by atoms with E-state index in [4.69, 9.17) is 4.74 Å². The number of ether oxygens (including phenoxy) is 1. The van der Waals surface area contributed by atoms with E-state index in [0.717, 1.165) is 22.9 Å². The molecule has 0 saturated heterocycles. The van der Waals surface area contributed by atoms with Crippen LogP contribution in [0.15, 0.2) is 22.7 Å². The summed E-state index contributed by atoms with van der Waals surface area (Å²) in [6.07, 6.45) is 2.66. The van der Waals surface area contributed by atoms with Crippen molar-refractivity contribution in [3.05, 3.63) is 28.2 Å². The number of benzene rings is 1. The van der Waals surface area contributed by atoms with Gasteiger partial charge in [0.1, 0.15) is 5.75 Å². The predicted molar refractivity (Wildman–Crippen MR) is 67.0 cm³/mol. The number of Topliss-reactive ketones (excluding diaryl/α,β-unsaturated/α-hetero) is 1. The summed E-state index contributed by atoms with van der Waals surface area (Å²) in [6, 6.07) is 5.61. The molecule has 0 aliphatic carbocycles. The highest BCUT2D eigenvalue weighted by atomic mass is 79.9. The number of fused-ring (bicyclic) bond motifs is 1. The van der Waals surface area contributed by atoms with Crippen LogP contribution in [0.4, 0.5) is 0 Å². The molecule has 1 aliphatic heterocycles. The Morgan fingerprint density at radius 1 is 1.50 bits per heavy atom. The van der Waals surface area contributed by atoms with Crippen LogP contribution in [0.5, 0.6) is 5.75 Å². The number of rotatable bonds is 1. The minimum absolute atomic E-state index is 0.203. The van der Waals surface area contributed by atoms with Crippen LogP contribution in [0.25, 0.3) is 0 Å². The first-order chi connectivity index (χ1) is 7.70. The van der Waals surface area contributed by atoms with Crippen molar-refractivity contribution in [2.45, 2.75) is 26.2 Å². The van der Waals surface area contributed by atoms with Crippen LogP contribution in [0.3, 0.4) is 0 Å². The molecular formula is C13H15BrO2. The molecule has 0 bridgehead atoms. The third-order valence-corrected chi connectivity index (χ3v) is 3.57. The molecule has 0 amide bonds. The van der Waals surface area contributed by atoms with Gasteiger partial charge in [0.2, 0.25) is 0 Å². The Bertz CT molecular complexity index is 401. The number of carbonyl (C=O) groups excluding carboxylic acids is 1. The molecule has 0 saturated carbocycles.